The number of hydrogen-bond donors (Lipinski definition) is 2. The van der Waals surface area contributed by atoms with Crippen LogP contribution in [0.2, 0.25) is 0 Å². The van der Waals surface area contributed by atoms with Crippen LogP contribution in [-0.2, 0) is 11.0 Å². The van der Waals surface area contributed by atoms with Gasteiger partial charge >= 0.3 is 6.18 Å². The molecule has 1 aliphatic heterocycles. The first-order valence-electron chi connectivity index (χ1n) is 7.06. The van der Waals surface area contributed by atoms with Crippen LogP contribution in [0.3, 0.4) is 0 Å². The highest BCUT2D eigenvalue weighted by Gasteiger charge is 2.31. The molecule has 1 saturated heterocycles. The summed E-state index contributed by atoms with van der Waals surface area (Å²) in [6.45, 7) is 3.23. The van der Waals surface area contributed by atoms with E-state index < -0.39 is 17.8 Å². The molecule has 1 amide bonds. The first-order chi connectivity index (χ1) is 9.88. The molecule has 3 nitrogen and oxygen atoms in total. The highest BCUT2D eigenvalue weighted by Crippen LogP contribution is 2.30. The van der Waals surface area contributed by atoms with E-state index in [4.69, 9.17) is 0 Å². The third-order valence-corrected chi connectivity index (χ3v) is 3.74. The Morgan fingerprint density at radius 1 is 1.43 bits per heavy atom. The number of amides is 1. The van der Waals surface area contributed by atoms with Gasteiger partial charge in [-0.2, -0.15) is 13.2 Å². The van der Waals surface area contributed by atoms with E-state index in [9.17, 15) is 18.0 Å². The van der Waals surface area contributed by atoms with Gasteiger partial charge in [0.25, 0.3) is 0 Å². The second-order valence-corrected chi connectivity index (χ2v) is 5.40. The van der Waals surface area contributed by atoms with Gasteiger partial charge in [-0.3, -0.25) is 4.79 Å². The highest BCUT2D eigenvalue weighted by atomic mass is 19.4. The molecule has 2 rings (SSSR count). The molecule has 1 aliphatic rings. The Bertz CT molecular complexity index is 496. The SMILES string of the molecule is CC(NC(=O)C1CCCNC1)c1cccc(C(F)(F)F)c1. The van der Waals surface area contributed by atoms with Crippen molar-refractivity contribution < 1.29 is 18.0 Å². The van der Waals surface area contributed by atoms with E-state index in [1.165, 1.54) is 6.07 Å². The summed E-state index contributed by atoms with van der Waals surface area (Å²) in [5, 5.41) is 5.95. The van der Waals surface area contributed by atoms with Crippen molar-refractivity contribution >= 4 is 5.91 Å². The summed E-state index contributed by atoms with van der Waals surface area (Å²) in [6.07, 6.45) is -2.61. The lowest BCUT2D eigenvalue weighted by Crippen LogP contribution is -2.41. The maximum atomic E-state index is 12.7. The van der Waals surface area contributed by atoms with Gasteiger partial charge in [0.15, 0.2) is 0 Å². The molecular formula is C15H19F3N2O. The average molecular weight is 300 g/mol. The van der Waals surface area contributed by atoms with E-state index in [1.807, 2.05) is 0 Å². The number of hydrogen-bond acceptors (Lipinski definition) is 2. The molecule has 6 heteroatoms. The zero-order valence-electron chi connectivity index (χ0n) is 11.8. The van der Waals surface area contributed by atoms with Gasteiger partial charge in [-0.1, -0.05) is 12.1 Å². The number of alkyl halides is 3. The van der Waals surface area contributed by atoms with Crippen molar-refractivity contribution in [2.75, 3.05) is 13.1 Å². The molecule has 0 aromatic heterocycles. The summed E-state index contributed by atoms with van der Waals surface area (Å²) < 4.78 is 38.1. The highest BCUT2D eigenvalue weighted by molar-refractivity contribution is 5.79. The van der Waals surface area contributed by atoms with E-state index in [2.05, 4.69) is 10.6 Å². The summed E-state index contributed by atoms with van der Waals surface area (Å²) in [6, 6.07) is 4.64. The smallest absolute Gasteiger partial charge is 0.349 e. The minimum Gasteiger partial charge on any atom is -0.349 e. The Kier molecular flexibility index (Phi) is 4.88. The maximum absolute atomic E-state index is 12.7. The van der Waals surface area contributed by atoms with Crippen molar-refractivity contribution in [2.45, 2.75) is 32.0 Å². The second kappa shape index (κ2) is 6.47. The number of carbonyl (C=O) groups excluding carboxylic acids is 1. The molecule has 1 aromatic carbocycles. The molecule has 1 aromatic rings. The Labute approximate surface area is 121 Å². The van der Waals surface area contributed by atoms with Crippen molar-refractivity contribution in [1.82, 2.24) is 10.6 Å². The third kappa shape index (κ3) is 4.20. The fourth-order valence-corrected chi connectivity index (χ4v) is 2.47. The van der Waals surface area contributed by atoms with Gasteiger partial charge in [0, 0.05) is 6.54 Å². The molecule has 2 N–H and O–H groups in total. The van der Waals surface area contributed by atoms with Gasteiger partial charge in [0.1, 0.15) is 0 Å². The van der Waals surface area contributed by atoms with Crippen LogP contribution in [0, 0.1) is 5.92 Å². The molecule has 2 atom stereocenters. The largest absolute Gasteiger partial charge is 0.416 e. The molecule has 0 spiro atoms. The monoisotopic (exact) mass is 300 g/mol. The molecule has 1 fully saturated rings. The maximum Gasteiger partial charge on any atom is 0.416 e. The number of nitrogens with one attached hydrogen (secondary N) is 2. The van der Waals surface area contributed by atoms with Crippen molar-refractivity contribution in [3.05, 3.63) is 35.4 Å². The lowest BCUT2D eigenvalue weighted by atomic mass is 9.97. The van der Waals surface area contributed by atoms with Crippen molar-refractivity contribution in [2.24, 2.45) is 5.92 Å². The Balaban J connectivity index is 2.02. The van der Waals surface area contributed by atoms with Gasteiger partial charge in [0.05, 0.1) is 17.5 Å². The topological polar surface area (TPSA) is 41.1 Å². The number of piperidine rings is 1. The Morgan fingerprint density at radius 3 is 2.81 bits per heavy atom. The minimum absolute atomic E-state index is 0.105. The fourth-order valence-electron chi connectivity index (χ4n) is 2.47. The van der Waals surface area contributed by atoms with Crippen LogP contribution in [0.25, 0.3) is 0 Å². The average Bonchev–Trinajstić information content (AvgIpc) is 2.47. The standard InChI is InChI=1S/C15H19F3N2O/c1-10(20-14(21)12-5-3-7-19-9-12)11-4-2-6-13(8-11)15(16,17)18/h2,4,6,8,10,12,19H,3,5,7,9H2,1H3,(H,20,21). The Hall–Kier alpha value is -1.56. The van der Waals surface area contributed by atoms with Crippen LogP contribution in [0.15, 0.2) is 24.3 Å². The molecule has 21 heavy (non-hydrogen) atoms. The van der Waals surface area contributed by atoms with E-state index in [1.54, 1.807) is 13.0 Å². The predicted molar refractivity (Wildman–Crippen MR) is 73.6 cm³/mol. The van der Waals surface area contributed by atoms with E-state index in [0.29, 0.717) is 12.1 Å². The van der Waals surface area contributed by atoms with Gasteiger partial charge in [-0.05, 0) is 44.0 Å². The first kappa shape index (κ1) is 15.8. The van der Waals surface area contributed by atoms with Gasteiger partial charge < -0.3 is 10.6 Å². The van der Waals surface area contributed by atoms with E-state index in [0.717, 1.165) is 31.5 Å². The number of halogens is 3. The second-order valence-electron chi connectivity index (χ2n) is 5.40. The lowest BCUT2D eigenvalue weighted by Gasteiger charge is -2.24. The molecule has 116 valence electrons. The van der Waals surface area contributed by atoms with Gasteiger partial charge in [0.2, 0.25) is 5.91 Å². The fraction of sp³-hybridized carbons (Fsp3) is 0.533. The molecule has 2 unspecified atom stereocenters. The van der Waals surface area contributed by atoms with E-state index in [-0.39, 0.29) is 11.8 Å². The molecule has 0 radical (unpaired) electrons. The molecular weight excluding hydrogens is 281 g/mol. The first-order valence-corrected chi connectivity index (χ1v) is 7.06. The van der Waals surface area contributed by atoms with Crippen LogP contribution >= 0.6 is 0 Å². The van der Waals surface area contributed by atoms with Crippen LogP contribution < -0.4 is 10.6 Å². The molecule has 0 saturated carbocycles. The summed E-state index contributed by atoms with van der Waals surface area (Å²) >= 11 is 0. The lowest BCUT2D eigenvalue weighted by molar-refractivity contribution is -0.137. The summed E-state index contributed by atoms with van der Waals surface area (Å²) in [7, 11) is 0. The third-order valence-electron chi connectivity index (χ3n) is 3.74. The number of benzene rings is 1. The van der Waals surface area contributed by atoms with E-state index >= 15 is 0 Å². The van der Waals surface area contributed by atoms with Gasteiger partial charge in [-0.25, -0.2) is 0 Å². The minimum atomic E-state index is -4.37. The van der Waals surface area contributed by atoms with Crippen molar-refractivity contribution in [3.8, 4) is 0 Å². The van der Waals surface area contributed by atoms with Crippen LogP contribution in [0.4, 0.5) is 13.2 Å². The summed E-state index contributed by atoms with van der Waals surface area (Å²) in [4.78, 5) is 12.1. The Morgan fingerprint density at radius 2 is 2.19 bits per heavy atom. The van der Waals surface area contributed by atoms with Crippen LogP contribution in [-0.4, -0.2) is 19.0 Å². The van der Waals surface area contributed by atoms with Gasteiger partial charge in [-0.15, -0.1) is 0 Å². The quantitative estimate of drug-likeness (QED) is 0.901. The summed E-state index contributed by atoms with van der Waals surface area (Å²) in [5.41, 5.74) is -0.234. The van der Waals surface area contributed by atoms with Crippen molar-refractivity contribution in [1.29, 1.82) is 0 Å². The van der Waals surface area contributed by atoms with Crippen LogP contribution in [0.1, 0.15) is 36.9 Å². The number of carbonyl (C=O) groups is 1. The molecule has 1 heterocycles. The zero-order chi connectivity index (χ0) is 15.5. The normalized spacial score (nSPS) is 20.9. The predicted octanol–water partition coefficient (Wildman–Crippen LogP) is 2.88. The van der Waals surface area contributed by atoms with Crippen LogP contribution in [0.5, 0.6) is 0 Å². The number of rotatable bonds is 3. The molecule has 0 aliphatic carbocycles. The molecule has 0 bridgehead atoms. The zero-order valence-corrected chi connectivity index (χ0v) is 11.8. The van der Waals surface area contributed by atoms with Crippen molar-refractivity contribution in [3.63, 3.8) is 0 Å². The summed E-state index contributed by atoms with van der Waals surface area (Å²) in [5.74, 6) is -0.209.